The van der Waals surface area contributed by atoms with E-state index >= 15 is 0 Å². The first-order chi connectivity index (χ1) is 10.2. The lowest BCUT2D eigenvalue weighted by Crippen LogP contribution is -2.30. The van der Waals surface area contributed by atoms with Crippen LogP contribution in [0.1, 0.15) is 12.8 Å². The highest BCUT2D eigenvalue weighted by Crippen LogP contribution is 2.21. The maximum atomic E-state index is 11.6. The molecule has 5 heteroatoms. The van der Waals surface area contributed by atoms with E-state index in [0.29, 0.717) is 6.04 Å². The third kappa shape index (κ3) is 4.23. The van der Waals surface area contributed by atoms with Crippen LogP contribution in [0.2, 0.25) is 0 Å². The van der Waals surface area contributed by atoms with Crippen molar-refractivity contribution in [1.82, 2.24) is 5.32 Å². The van der Waals surface area contributed by atoms with Gasteiger partial charge in [0, 0.05) is 27.6 Å². The molecule has 1 aliphatic rings. The number of carbonyl (C=O) groups is 1. The van der Waals surface area contributed by atoms with Crippen LogP contribution in [0.25, 0.3) is 0 Å². The first-order valence-electron chi connectivity index (χ1n) is 6.89. The number of carbonyl (C=O) groups excluding carboxylic acids is 1. The number of halogens is 1. The Kier molecular flexibility index (Phi) is 4.10. The molecule has 2 amide bonds. The summed E-state index contributed by atoms with van der Waals surface area (Å²) in [7, 11) is 0. The summed E-state index contributed by atoms with van der Waals surface area (Å²) in [6.45, 7) is 0. The zero-order valence-corrected chi connectivity index (χ0v) is 13.0. The minimum Gasteiger partial charge on any atom is -0.356 e. The minimum absolute atomic E-state index is 0.133. The quantitative estimate of drug-likeness (QED) is 0.765. The van der Waals surface area contributed by atoms with Gasteiger partial charge in [-0.25, -0.2) is 4.79 Å². The van der Waals surface area contributed by atoms with E-state index in [2.05, 4.69) is 31.9 Å². The molecule has 1 aliphatic carbocycles. The molecule has 0 aromatic heterocycles. The fraction of sp³-hybridized carbons (Fsp3) is 0.188. The lowest BCUT2D eigenvalue weighted by Gasteiger charge is -2.09. The summed E-state index contributed by atoms with van der Waals surface area (Å²) in [6.07, 6.45) is 2.17. The summed E-state index contributed by atoms with van der Waals surface area (Å²) < 4.78 is 1.05. The van der Waals surface area contributed by atoms with E-state index in [4.69, 9.17) is 0 Å². The monoisotopic (exact) mass is 345 g/mol. The van der Waals surface area contributed by atoms with Gasteiger partial charge in [0.1, 0.15) is 0 Å². The Morgan fingerprint density at radius 1 is 0.905 bits per heavy atom. The van der Waals surface area contributed by atoms with Crippen molar-refractivity contribution in [3.05, 3.63) is 53.0 Å². The molecule has 2 aromatic rings. The van der Waals surface area contributed by atoms with Crippen LogP contribution in [0, 0.1) is 0 Å². The van der Waals surface area contributed by atoms with Gasteiger partial charge in [0.05, 0.1) is 0 Å². The molecule has 2 aromatic carbocycles. The average Bonchev–Trinajstić information content (AvgIpc) is 3.27. The van der Waals surface area contributed by atoms with E-state index in [1.807, 2.05) is 48.5 Å². The molecule has 0 unspecified atom stereocenters. The summed E-state index contributed by atoms with van der Waals surface area (Å²) in [6, 6.07) is 15.8. The third-order valence-corrected chi connectivity index (χ3v) is 3.72. The fourth-order valence-corrected chi connectivity index (χ4v) is 2.18. The number of hydrogen-bond acceptors (Lipinski definition) is 2. The zero-order chi connectivity index (χ0) is 14.7. The topological polar surface area (TPSA) is 53.2 Å². The Bertz CT molecular complexity index is 621. The number of hydrogen-bond donors (Lipinski definition) is 3. The Balaban J connectivity index is 1.58. The van der Waals surface area contributed by atoms with E-state index in [0.717, 1.165) is 34.4 Å². The van der Waals surface area contributed by atoms with Crippen molar-refractivity contribution in [2.24, 2.45) is 0 Å². The van der Waals surface area contributed by atoms with E-state index in [1.165, 1.54) is 0 Å². The molecule has 0 atom stereocenters. The molecule has 21 heavy (non-hydrogen) atoms. The highest BCUT2D eigenvalue weighted by atomic mass is 79.9. The van der Waals surface area contributed by atoms with Gasteiger partial charge < -0.3 is 16.0 Å². The van der Waals surface area contributed by atoms with Crippen molar-refractivity contribution in [1.29, 1.82) is 0 Å². The van der Waals surface area contributed by atoms with Crippen LogP contribution in [0.5, 0.6) is 0 Å². The van der Waals surface area contributed by atoms with Crippen LogP contribution >= 0.6 is 15.9 Å². The number of nitrogens with one attached hydrogen (secondary N) is 3. The van der Waals surface area contributed by atoms with E-state index < -0.39 is 0 Å². The van der Waals surface area contributed by atoms with Gasteiger partial charge in [-0.15, -0.1) is 0 Å². The second kappa shape index (κ2) is 6.18. The van der Waals surface area contributed by atoms with Crippen LogP contribution in [-0.2, 0) is 0 Å². The minimum atomic E-state index is -0.133. The van der Waals surface area contributed by atoms with Crippen molar-refractivity contribution >= 4 is 39.0 Å². The van der Waals surface area contributed by atoms with Crippen molar-refractivity contribution in [2.45, 2.75) is 18.9 Å². The number of benzene rings is 2. The molecule has 4 nitrogen and oxygen atoms in total. The Hall–Kier alpha value is -2.01. The largest absolute Gasteiger partial charge is 0.356 e. The van der Waals surface area contributed by atoms with E-state index in [9.17, 15) is 4.79 Å². The highest BCUT2D eigenvalue weighted by molar-refractivity contribution is 9.10. The number of anilines is 3. The van der Waals surface area contributed by atoms with Gasteiger partial charge in [0.2, 0.25) is 0 Å². The average molecular weight is 346 g/mol. The van der Waals surface area contributed by atoms with E-state index in [1.54, 1.807) is 0 Å². The Labute approximate surface area is 132 Å². The van der Waals surface area contributed by atoms with Crippen LogP contribution in [-0.4, -0.2) is 12.1 Å². The zero-order valence-electron chi connectivity index (χ0n) is 11.4. The van der Waals surface area contributed by atoms with Crippen molar-refractivity contribution in [3.8, 4) is 0 Å². The van der Waals surface area contributed by atoms with Gasteiger partial charge in [0.25, 0.3) is 0 Å². The maximum Gasteiger partial charge on any atom is 0.319 e. The predicted molar refractivity (Wildman–Crippen MR) is 89.0 cm³/mol. The number of amides is 2. The molecule has 3 rings (SSSR count). The molecular weight excluding hydrogens is 330 g/mol. The highest BCUT2D eigenvalue weighted by Gasteiger charge is 2.23. The van der Waals surface area contributed by atoms with Gasteiger partial charge in [0.15, 0.2) is 0 Å². The summed E-state index contributed by atoms with van der Waals surface area (Å²) in [5, 5.41) is 9.02. The number of rotatable bonds is 4. The van der Waals surface area contributed by atoms with Crippen molar-refractivity contribution in [2.75, 3.05) is 10.6 Å². The fourth-order valence-electron chi connectivity index (χ4n) is 1.92. The molecule has 0 saturated heterocycles. The standard InChI is InChI=1S/C16H16BrN3O/c17-11-1-3-12(4-2-11)18-13-5-7-14(8-6-13)19-16(21)20-15-9-10-15/h1-8,15,18H,9-10H2,(H2,19,20,21). The first-order valence-corrected chi connectivity index (χ1v) is 7.68. The lowest BCUT2D eigenvalue weighted by atomic mass is 10.2. The predicted octanol–water partition coefficient (Wildman–Crippen LogP) is 4.48. The SMILES string of the molecule is O=C(Nc1ccc(Nc2ccc(Br)cc2)cc1)NC1CC1. The van der Waals surface area contributed by atoms with Crippen molar-refractivity contribution < 1.29 is 4.79 Å². The van der Waals surface area contributed by atoms with Gasteiger partial charge in [-0.05, 0) is 61.4 Å². The summed E-state index contributed by atoms with van der Waals surface area (Å²) in [5.41, 5.74) is 2.78. The van der Waals surface area contributed by atoms with Crippen LogP contribution in [0.15, 0.2) is 53.0 Å². The lowest BCUT2D eigenvalue weighted by molar-refractivity contribution is 0.251. The Morgan fingerprint density at radius 3 is 2.00 bits per heavy atom. The van der Waals surface area contributed by atoms with Crippen LogP contribution in [0.4, 0.5) is 21.9 Å². The molecule has 0 heterocycles. The maximum absolute atomic E-state index is 11.6. The van der Waals surface area contributed by atoms with Gasteiger partial charge in [-0.1, -0.05) is 15.9 Å². The summed E-state index contributed by atoms with van der Waals surface area (Å²) in [5.74, 6) is 0. The molecule has 0 radical (unpaired) electrons. The van der Waals surface area contributed by atoms with Crippen LogP contribution in [0.3, 0.4) is 0 Å². The molecule has 1 saturated carbocycles. The second-order valence-electron chi connectivity index (χ2n) is 5.08. The smallest absolute Gasteiger partial charge is 0.319 e. The van der Waals surface area contributed by atoms with Gasteiger partial charge in [-0.2, -0.15) is 0 Å². The normalized spacial score (nSPS) is 13.6. The van der Waals surface area contributed by atoms with E-state index in [-0.39, 0.29) is 6.03 Å². The molecular formula is C16H16BrN3O. The second-order valence-corrected chi connectivity index (χ2v) is 6.00. The molecule has 3 N–H and O–H groups in total. The van der Waals surface area contributed by atoms with Crippen molar-refractivity contribution in [3.63, 3.8) is 0 Å². The Morgan fingerprint density at radius 2 is 1.43 bits per heavy atom. The molecule has 108 valence electrons. The first kappa shape index (κ1) is 13.9. The molecule has 0 spiro atoms. The van der Waals surface area contributed by atoms with Crippen LogP contribution < -0.4 is 16.0 Å². The summed E-state index contributed by atoms with van der Waals surface area (Å²) >= 11 is 3.41. The third-order valence-electron chi connectivity index (χ3n) is 3.19. The van der Waals surface area contributed by atoms with Gasteiger partial charge in [-0.3, -0.25) is 0 Å². The molecule has 1 fully saturated rings. The van der Waals surface area contributed by atoms with Gasteiger partial charge >= 0.3 is 6.03 Å². The molecule has 0 aliphatic heterocycles. The summed E-state index contributed by atoms with van der Waals surface area (Å²) in [4.78, 5) is 11.6. The molecule has 0 bridgehead atoms. The number of urea groups is 1.